The second-order valence-corrected chi connectivity index (χ2v) is 7.80. The molecule has 1 unspecified atom stereocenters. The maximum absolute atomic E-state index is 10.2. The zero-order chi connectivity index (χ0) is 18.2. The van der Waals surface area contributed by atoms with E-state index in [1.54, 1.807) is 13.2 Å². The van der Waals surface area contributed by atoms with E-state index in [-0.39, 0.29) is 24.0 Å². The molecule has 1 aromatic heterocycles. The molecule has 2 rings (SSSR count). The molecule has 1 atom stereocenters. The Hall–Kier alpha value is -0.550. The maximum Gasteiger partial charge on any atom is 0.191 e. The SMILES string of the molecule is CCNC(=NCc1ccc(OC)c(Br)c1)NCC(O)c1ccc(Cl)s1.I. The van der Waals surface area contributed by atoms with Crippen LogP contribution in [0, 0.1) is 0 Å². The van der Waals surface area contributed by atoms with Gasteiger partial charge in [-0.25, -0.2) is 4.99 Å². The first-order valence-electron chi connectivity index (χ1n) is 7.81. The number of guanidine groups is 1. The smallest absolute Gasteiger partial charge is 0.191 e. The lowest BCUT2D eigenvalue weighted by molar-refractivity contribution is 0.184. The monoisotopic (exact) mass is 573 g/mol. The van der Waals surface area contributed by atoms with Crippen molar-refractivity contribution in [3.05, 3.63) is 49.6 Å². The minimum atomic E-state index is -0.628. The molecule has 0 radical (unpaired) electrons. The number of aliphatic hydroxyl groups is 1. The highest BCUT2D eigenvalue weighted by Gasteiger charge is 2.11. The van der Waals surface area contributed by atoms with E-state index in [2.05, 4.69) is 31.6 Å². The first-order valence-corrected chi connectivity index (χ1v) is 9.80. The molecule has 1 aromatic carbocycles. The van der Waals surface area contributed by atoms with Crippen LogP contribution >= 0.6 is 62.8 Å². The molecule has 2 aromatic rings. The summed E-state index contributed by atoms with van der Waals surface area (Å²) in [6.45, 7) is 3.60. The van der Waals surface area contributed by atoms with Crippen LogP contribution in [-0.2, 0) is 6.54 Å². The largest absolute Gasteiger partial charge is 0.496 e. The summed E-state index contributed by atoms with van der Waals surface area (Å²) in [5.41, 5.74) is 1.05. The number of halogens is 3. The van der Waals surface area contributed by atoms with Gasteiger partial charge in [-0.05, 0) is 52.7 Å². The van der Waals surface area contributed by atoms with Crippen molar-refractivity contribution in [2.24, 2.45) is 4.99 Å². The predicted molar refractivity (Wildman–Crippen MR) is 123 cm³/mol. The number of rotatable bonds is 7. The average Bonchev–Trinajstić information content (AvgIpc) is 3.03. The van der Waals surface area contributed by atoms with Gasteiger partial charge in [0.15, 0.2) is 5.96 Å². The molecule has 1 heterocycles. The molecule has 0 aliphatic rings. The van der Waals surface area contributed by atoms with Gasteiger partial charge in [0.1, 0.15) is 11.9 Å². The fourth-order valence-corrected chi connectivity index (χ4v) is 3.76. The number of thiophene rings is 1. The fourth-order valence-electron chi connectivity index (χ4n) is 2.12. The molecule has 0 amide bonds. The standard InChI is InChI=1S/C17H21BrClN3O2S.HI/c1-3-20-17(22-10-13(23)15-6-7-16(19)25-15)21-9-11-4-5-14(24-2)12(18)8-11;/h4-8,13,23H,3,9-10H2,1-2H3,(H2,20,21,22);1H. The predicted octanol–water partition coefficient (Wildman–Crippen LogP) is 4.58. The lowest BCUT2D eigenvalue weighted by Gasteiger charge is -2.14. The maximum atomic E-state index is 10.2. The molecule has 9 heteroatoms. The highest BCUT2D eigenvalue weighted by molar-refractivity contribution is 14.0. The Bertz CT molecular complexity index is 730. The molecule has 144 valence electrons. The van der Waals surface area contributed by atoms with Crippen molar-refractivity contribution in [1.29, 1.82) is 0 Å². The summed E-state index contributed by atoms with van der Waals surface area (Å²) in [6.07, 6.45) is -0.628. The molecule has 0 bridgehead atoms. The number of nitrogens with one attached hydrogen (secondary N) is 2. The van der Waals surface area contributed by atoms with Gasteiger partial charge in [0.25, 0.3) is 0 Å². The average molecular weight is 575 g/mol. The minimum Gasteiger partial charge on any atom is -0.496 e. The number of methoxy groups -OCH3 is 1. The second-order valence-electron chi connectivity index (χ2n) is 5.20. The summed E-state index contributed by atoms with van der Waals surface area (Å²) in [7, 11) is 1.64. The van der Waals surface area contributed by atoms with Crippen LogP contribution in [0.2, 0.25) is 4.34 Å². The van der Waals surface area contributed by atoms with Crippen LogP contribution in [0.4, 0.5) is 0 Å². The van der Waals surface area contributed by atoms with Gasteiger partial charge >= 0.3 is 0 Å². The zero-order valence-electron chi connectivity index (χ0n) is 14.5. The van der Waals surface area contributed by atoms with Gasteiger partial charge in [0, 0.05) is 18.0 Å². The van der Waals surface area contributed by atoms with Gasteiger partial charge in [-0.2, -0.15) is 0 Å². The third kappa shape index (κ3) is 7.22. The molecule has 0 fully saturated rings. The number of aliphatic hydroxyl groups excluding tert-OH is 1. The number of hydrogen-bond acceptors (Lipinski definition) is 4. The number of hydrogen-bond donors (Lipinski definition) is 3. The quantitative estimate of drug-likeness (QED) is 0.257. The van der Waals surface area contributed by atoms with Crippen LogP contribution < -0.4 is 15.4 Å². The highest BCUT2D eigenvalue weighted by Crippen LogP contribution is 2.27. The Balaban J connectivity index is 0.00000338. The number of ether oxygens (including phenoxy) is 1. The Labute approximate surface area is 188 Å². The third-order valence-electron chi connectivity index (χ3n) is 3.37. The van der Waals surface area contributed by atoms with E-state index in [4.69, 9.17) is 16.3 Å². The highest BCUT2D eigenvalue weighted by atomic mass is 127. The van der Waals surface area contributed by atoms with Crippen molar-refractivity contribution in [3.63, 3.8) is 0 Å². The third-order valence-corrected chi connectivity index (χ3v) is 5.32. The van der Waals surface area contributed by atoms with E-state index in [0.29, 0.717) is 23.4 Å². The van der Waals surface area contributed by atoms with Gasteiger partial charge in [-0.15, -0.1) is 35.3 Å². The van der Waals surface area contributed by atoms with Gasteiger partial charge < -0.3 is 20.5 Å². The summed E-state index contributed by atoms with van der Waals surface area (Å²) in [5.74, 6) is 1.44. The van der Waals surface area contributed by atoms with Crippen LogP contribution in [-0.4, -0.2) is 31.3 Å². The van der Waals surface area contributed by atoms with Crippen molar-refractivity contribution < 1.29 is 9.84 Å². The Morgan fingerprint density at radius 3 is 2.69 bits per heavy atom. The lowest BCUT2D eigenvalue weighted by Crippen LogP contribution is -2.39. The van der Waals surface area contributed by atoms with E-state index in [9.17, 15) is 5.11 Å². The summed E-state index contributed by atoms with van der Waals surface area (Å²) >= 11 is 10.8. The molecular formula is C17H22BrClIN3O2S. The molecule has 3 N–H and O–H groups in total. The van der Waals surface area contributed by atoms with Gasteiger partial charge in [-0.3, -0.25) is 0 Å². The number of aliphatic imine (C=N–C) groups is 1. The summed E-state index contributed by atoms with van der Waals surface area (Å²) in [6, 6.07) is 9.47. The van der Waals surface area contributed by atoms with Crippen molar-refractivity contribution in [1.82, 2.24) is 10.6 Å². The zero-order valence-corrected chi connectivity index (χ0v) is 19.9. The fraction of sp³-hybridized carbons (Fsp3) is 0.353. The molecular weight excluding hydrogens is 553 g/mol. The van der Waals surface area contributed by atoms with Gasteiger partial charge in [-0.1, -0.05) is 17.7 Å². The van der Waals surface area contributed by atoms with Crippen molar-refractivity contribution in [2.45, 2.75) is 19.6 Å². The summed E-state index contributed by atoms with van der Waals surface area (Å²) in [4.78, 5) is 5.38. The van der Waals surface area contributed by atoms with Crippen molar-refractivity contribution in [2.75, 3.05) is 20.2 Å². The molecule has 0 aliphatic carbocycles. The lowest BCUT2D eigenvalue weighted by atomic mass is 10.2. The molecule has 0 aliphatic heterocycles. The number of nitrogens with zero attached hydrogens (tertiary/aromatic N) is 1. The van der Waals surface area contributed by atoms with Gasteiger partial charge in [0.2, 0.25) is 0 Å². The topological polar surface area (TPSA) is 65.9 Å². The molecule has 0 saturated carbocycles. The molecule has 26 heavy (non-hydrogen) atoms. The molecule has 0 saturated heterocycles. The first kappa shape index (κ1) is 23.5. The molecule has 0 spiro atoms. The van der Waals surface area contributed by atoms with E-state index in [0.717, 1.165) is 27.2 Å². The van der Waals surface area contributed by atoms with E-state index in [1.165, 1.54) is 11.3 Å². The number of benzene rings is 1. The Morgan fingerprint density at radius 1 is 1.35 bits per heavy atom. The van der Waals surface area contributed by atoms with E-state index >= 15 is 0 Å². The Morgan fingerprint density at radius 2 is 2.12 bits per heavy atom. The van der Waals surface area contributed by atoms with Crippen LogP contribution in [0.3, 0.4) is 0 Å². The van der Waals surface area contributed by atoms with Crippen molar-refractivity contribution >= 4 is 68.8 Å². The minimum absolute atomic E-state index is 0. The molecule has 5 nitrogen and oxygen atoms in total. The Kier molecular flexibility index (Phi) is 10.9. The first-order chi connectivity index (χ1) is 12.0. The summed E-state index contributed by atoms with van der Waals surface area (Å²) in [5, 5.41) is 16.5. The summed E-state index contributed by atoms with van der Waals surface area (Å²) < 4.78 is 6.79. The van der Waals surface area contributed by atoms with Crippen molar-refractivity contribution in [3.8, 4) is 5.75 Å². The second kappa shape index (κ2) is 12.0. The van der Waals surface area contributed by atoms with Crippen LogP contribution in [0.1, 0.15) is 23.5 Å². The van der Waals surface area contributed by atoms with E-state index < -0.39 is 6.10 Å². The van der Waals surface area contributed by atoms with Crippen LogP contribution in [0.25, 0.3) is 0 Å². The van der Waals surface area contributed by atoms with Crippen LogP contribution in [0.15, 0.2) is 39.8 Å². The van der Waals surface area contributed by atoms with E-state index in [1.807, 2.05) is 31.2 Å². The van der Waals surface area contributed by atoms with Gasteiger partial charge in [0.05, 0.1) is 22.5 Å². The van der Waals surface area contributed by atoms with Crippen LogP contribution in [0.5, 0.6) is 5.75 Å². The normalized spacial score (nSPS) is 12.3.